The first-order chi connectivity index (χ1) is 6.77. The minimum atomic E-state index is 0.782. The van der Waals surface area contributed by atoms with Gasteiger partial charge >= 0.3 is 0 Å². The van der Waals surface area contributed by atoms with E-state index in [9.17, 15) is 0 Å². The lowest BCUT2D eigenvalue weighted by atomic mass is 10.1. The monoisotopic (exact) mass is 194 g/mol. The average molecular weight is 194 g/mol. The van der Waals surface area contributed by atoms with E-state index in [2.05, 4.69) is 45.1 Å². The van der Waals surface area contributed by atoms with Crippen molar-refractivity contribution in [2.75, 3.05) is 0 Å². The van der Waals surface area contributed by atoms with Crippen molar-refractivity contribution >= 4 is 0 Å². The van der Waals surface area contributed by atoms with E-state index in [-0.39, 0.29) is 0 Å². The second-order valence-electron chi connectivity index (χ2n) is 4.34. The molecule has 82 valence electrons. The Hall–Kier alpha value is -0.520. The zero-order valence-electron chi connectivity index (χ0n) is 10.1. The molecule has 0 aromatic rings. The van der Waals surface area contributed by atoms with Gasteiger partial charge in [-0.2, -0.15) is 0 Å². The molecule has 0 aromatic heterocycles. The summed E-state index contributed by atoms with van der Waals surface area (Å²) in [6, 6.07) is 0. The summed E-state index contributed by atoms with van der Waals surface area (Å²) in [5, 5.41) is 0. The molecule has 0 aliphatic carbocycles. The summed E-state index contributed by atoms with van der Waals surface area (Å²) in [5.74, 6) is 0.782. The van der Waals surface area contributed by atoms with Crippen LogP contribution in [0.1, 0.15) is 59.3 Å². The maximum absolute atomic E-state index is 2.28. The summed E-state index contributed by atoms with van der Waals surface area (Å²) in [7, 11) is 0. The maximum Gasteiger partial charge on any atom is -0.0324 e. The van der Waals surface area contributed by atoms with Crippen molar-refractivity contribution in [1.29, 1.82) is 0 Å². The highest BCUT2D eigenvalue weighted by Gasteiger charge is 1.85. The predicted molar refractivity (Wildman–Crippen MR) is 66.5 cm³/mol. The highest BCUT2D eigenvalue weighted by Crippen LogP contribution is 2.03. The van der Waals surface area contributed by atoms with E-state index in [1.54, 1.807) is 0 Å². The molecule has 0 heterocycles. The zero-order chi connectivity index (χ0) is 10.6. The number of hydrogen-bond donors (Lipinski definition) is 0. The summed E-state index contributed by atoms with van der Waals surface area (Å²) in [6.07, 6.45) is 16.8. The van der Waals surface area contributed by atoms with Crippen LogP contribution in [0.4, 0.5) is 0 Å². The van der Waals surface area contributed by atoms with Crippen molar-refractivity contribution in [2.24, 2.45) is 5.92 Å². The highest BCUT2D eigenvalue weighted by molar-refractivity contribution is 5.02. The lowest BCUT2D eigenvalue weighted by Gasteiger charge is -1.95. The van der Waals surface area contributed by atoms with Crippen molar-refractivity contribution in [3.05, 3.63) is 24.3 Å². The fourth-order valence-electron chi connectivity index (χ4n) is 1.29. The first kappa shape index (κ1) is 13.5. The highest BCUT2D eigenvalue weighted by atomic mass is 13.9. The molecule has 0 radical (unpaired) electrons. The summed E-state index contributed by atoms with van der Waals surface area (Å²) in [6.45, 7) is 6.75. The van der Waals surface area contributed by atoms with Crippen LogP contribution in [-0.2, 0) is 0 Å². The van der Waals surface area contributed by atoms with Gasteiger partial charge < -0.3 is 0 Å². The van der Waals surface area contributed by atoms with Crippen LogP contribution in [0.3, 0.4) is 0 Å². The van der Waals surface area contributed by atoms with E-state index in [1.165, 1.54) is 38.5 Å². The van der Waals surface area contributed by atoms with Crippen LogP contribution in [-0.4, -0.2) is 0 Å². The van der Waals surface area contributed by atoms with Gasteiger partial charge in [0, 0.05) is 0 Å². The van der Waals surface area contributed by atoms with E-state index in [0.717, 1.165) is 5.92 Å². The molecule has 0 nitrogen and oxygen atoms in total. The van der Waals surface area contributed by atoms with E-state index in [1.807, 2.05) is 0 Å². The summed E-state index contributed by atoms with van der Waals surface area (Å²) in [5.41, 5.74) is 0. The van der Waals surface area contributed by atoms with Gasteiger partial charge in [-0.3, -0.25) is 0 Å². The van der Waals surface area contributed by atoms with Gasteiger partial charge in [-0.1, -0.05) is 64.3 Å². The third-order valence-electron chi connectivity index (χ3n) is 2.22. The molecule has 0 atom stereocenters. The number of unbranched alkanes of at least 4 members (excludes halogenated alkanes) is 4. The Kier molecular flexibility index (Phi) is 10.2. The Bertz CT molecular complexity index is 151. The standard InChI is InChI=1S/C14H26/c1-4-5-6-7-8-9-10-11-12-13-14(2)3/h9-12,14H,4-8,13H2,1-3H3. The molecular formula is C14H26. The molecular weight excluding hydrogens is 168 g/mol. The normalized spacial score (nSPS) is 12.3. The van der Waals surface area contributed by atoms with Crippen molar-refractivity contribution in [2.45, 2.75) is 59.3 Å². The number of rotatable bonds is 8. The second kappa shape index (κ2) is 10.6. The molecule has 0 spiro atoms. The van der Waals surface area contributed by atoms with Crippen LogP contribution in [0.15, 0.2) is 24.3 Å². The van der Waals surface area contributed by atoms with Gasteiger partial charge in [-0.25, -0.2) is 0 Å². The topological polar surface area (TPSA) is 0 Å². The first-order valence-corrected chi connectivity index (χ1v) is 6.09. The van der Waals surface area contributed by atoms with Crippen molar-refractivity contribution in [3.63, 3.8) is 0 Å². The van der Waals surface area contributed by atoms with Gasteiger partial charge in [0.25, 0.3) is 0 Å². The van der Waals surface area contributed by atoms with Crippen LogP contribution in [0.2, 0.25) is 0 Å². The first-order valence-electron chi connectivity index (χ1n) is 6.09. The lowest BCUT2D eigenvalue weighted by Crippen LogP contribution is -1.80. The van der Waals surface area contributed by atoms with E-state index < -0.39 is 0 Å². The van der Waals surface area contributed by atoms with Crippen LogP contribution < -0.4 is 0 Å². The van der Waals surface area contributed by atoms with Crippen molar-refractivity contribution in [3.8, 4) is 0 Å². The molecule has 0 rings (SSSR count). The molecule has 0 heteroatoms. The smallest absolute Gasteiger partial charge is 0.0324 e. The average Bonchev–Trinajstić information content (AvgIpc) is 2.15. The quantitative estimate of drug-likeness (QED) is 0.372. The Morgan fingerprint density at radius 2 is 1.64 bits per heavy atom. The van der Waals surface area contributed by atoms with E-state index >= 15 is 0 Å². The Morgan fingerprint density at radius 1 is 0.929 bits per heavy atom. The molecule has 0 fully saturated rings. The molecule has 0 amide bonds. The van der Waals surface area contributed by atoms with E-state index in [0.29, 0.717) is 0 Å². The van der Waals surface area contributed by atoms with Gasteiger partial charge in [0.1, 0.15) is 0 Å². The molecule has 14 heavy (non-hydrogen) atoms. The van der Waals surface area contributed by atoms with Gasteiger partial charge in [0.2, 0.25) is 0 Å². The second-order valence-corrected chi connectivity index (χ2v) is 4.34. The zero-order valence-corrected chi connectivity index (χ0v) is 10.1. The Balaban J connectivity index is 3.22. The Morgan fingerprint density at radius 3 is 2.29 bits per heavy atom. The molecule has 0 unspecified atom stereocenters. The molecule has 0 aliphatic heterocycles. The SMILES string of the molecule is CCCCCCC=CC=CCC(C)C. The van der Waals surface area contributed by atoms with E-state index in [4.69, 9.17) is 0 Å². The van der Waals surface area contributed by atoms with Gasteiger partial charge in [0.15, 0.2) is 0 Å². The van der Waals surface area contributed by atoms with Crippen molar-refractivity contribution < 1.29 is 0 Å². The van der Waals surface area contributed by atoms with Crippen LogP contribution in [0.5, 0.6) is 0 Å². The van der Waals surface area contributed by atoms with Crippen LogP contribution in [0.25, 0.3) is 0 Å². The van der Waals surface area contributed by atoms with Crippen LogP contribution >= 0.6 is 0 Å². The van der Waals surface area contributed by atoms with Crippen LogP contribution in [0, 0.1) is 5.92 Å². The minimum absolute atomic E-state index is 0.782. The third-order valence-corrected chi connectivity index (χ3v) is 2.22. The maximum atomic E-state index is 2.28. The largest absolute Gasteiger partial charge is 0.0845 e. The number of hydrogen-bond acceptors (Lipinski definition) is 0. The third kappa shape index (κ3) is 11.5. The summed E-state index contributed by atoms with van der Waals surface area (Å²) >= 11 is 0. The lowest BCUT2D eigenvalue weighted by molar-refractivity contribution is 0.663. The van der Waals surface area contributed by atoms with Gasteiger partial charge in [-0.05, 0) is 25.2 Å². The van der Waals surface area contributed by atoms with Crippen molar-refractivity contribution in [1.82, 2.24) is 0 Å². The molecule has 0 saturated heterocycles. The summed E-state index contributed by atoms with van der Waals surface area (Å²) in [4.78, 5) is 0. The molecule has 0 aliphatic rings. The van der Waals surface area contributed by atoms with Gasteiger partial charge in [0.05, 0.1) is 0 Å². The molecule has 0 aromatic carbocycles. The Labute approximate surface area is 90.1 Å². The molecule has 0 N–H and O–H groups in total. The summed E-state index contributed by atoms with van der Waals surface area (Å²) < 4.78 is 0. The van der Waals surface area contributed by atoms with Gasteiger partial charge in [-0.15, -0.1) is 0 Å². The fraction of sp³-hybridized carbons (Fsp3) is 0.714. The minimum Gasteiger partial charge on any atom is -0.0845 e. The molecule has 0 saturated carbocycles. The fourth-order valence-corrected chi connectivity index (χ4v) is 1.29. The predicted octanol–water partition coefficient (Wildman–Crippen LogP) is 5.12. The number of allylic oxidation sites excluding steroid dienone is 4. The molecule has 0 bridgehead atoms.